The molecule has 0 spiro atoms. The van der Waals surface area contributed by atoms with Crippen LogP contribution in [0.25, 0.3) is 21.9 Å². The number of sulfonamides is 1. The van der Waals surface area contributed by atoms with E-state index in [0.29, 0.717) is 29.7 Å². The Morgan fingerprint density at radius 2 is 1.61 bits per heavy atom. The van der Waals surface area contributed by atoms with Crippen LogP contribution in [0.2, 0.25) is 0 Å². The van der Waals surface area contributed by atoms with E-state index in [9.17, 15) is 16.8 Å². The summed E-state index contributed by atoms with van der Waals surface area (Å²) in [6.07, 6.45) is 0. The molecule has 3 aromatic carbocycles. The van der Waals surface area contributed by atoms with Gasteiger partial charge in [-0.2, -0.15) is 9.29 Å². The van der Waals surface area contributed by atoms with Crippen molar-refractivity contribution in [3.8, 4) is 5.75 Å². The van der Waals surface area contributed by atoms with E-state index >= 15 is 0 Å². The molecule has 0 unspecified atom stereocenters. The second-order valence-corrected chi connectivity index (χ2v) is 11.2. The lowest BCUT2D eigenvalue weighted by atomic mass is 10.1. The second kappa shape index (κ2) is 8.10. The summed E-state index contributed by atoms with van der Waals surface area (Å²) in [5.41, 5.74) is 0.353. The summed E-state index contributed by atoms with van der Waals surface area (Å²) in [5.74, 6) is 0.510. The molecule has 172 valence electrons. The van der Waals surface area contributed by atoms with E-state index in [1.807, 2.05) is 0 Å². The van der Waals surface area contributed by atoms with Crippen molar-refractivity contribution in [3.63, 3.8) is 0 Å². The number of hydrogen-bond donors (Lipinski definition) is 0. The molecule has 1 aliphatic rings. The van der Waals surface area contributed by atoms with Gasteiger partial charge in [0.1, 0.15) is 11.3 Å². The van der Waals surface area contributed by atoms with Crippen LogP contribution in [0.4, 0.5) is 0 Å². The summed E-state index contributed by atoms with van der Waals surface area (Å²) in [4.78, 5) is 4.28. The highest BCUT2D eigenvalue weighted by molar-refractivity contribution is 7.91. The Balaban J connectivity index is 1.69. The van der Waals surface area contributed by atoms with E-state index in [1.54, 1.807) is 24.3 Å². The molecular formula is C22H20N2O7S2. The number of benzene rings is 3. The highest BCUT2D eigenvalue weighted by Gasteiger charge is 2.31. The van der Waals surface area contributed by atoms with Crippen LogP contribution in [0.1, 0.15) is 0 Å². The molecule has 0 aliphatic carbocycles. The number of ether oxygens (including phenoxy) is 2. The fourth-order valence-corrected chi connectivity index (χ4v) is 6.54. The quantitative estimate of drug-likeness (QED) is 0.421. The van der Waals surface area contributed by atoms with Crippen LogP contribution >= 0.6 is 0 Å². The first-order valence-corrected chi connectivity index (χ1v) is 13.0. The summed E-state index contributed by atoms with van der Waals surface area (Å²) in [6, 6.07) is 14.0. The van der Waals surface area contributed by atoms with Crippen molar-refractivity contribution in [1.82, 2.24) is 9.29 Å². The van der Waals surface area contributed by atoms with Crippen LogP contribution in [-0.4, -0.2) is 59.5 Å². The molecule has 2 heterocycles. The Hall–Kier alpha value is -2.99. The standard InChI is InChI=1S/C22H20N2O7S2/c1-29-15-6-8-16(9-7-15)32(25,26)22-23-21-18-5-3-2-4-17(18)20(14-19(21)31-22)33(27,28)24-10-12-30-13-11-24/h2-9,14H,10-13H2,1H3. The first kappa shape index (κ1) is 21.8. The minimum atomic E-state index is -4.07. The Bertz CT molecular complexity index is 1550. The zero-order valence-corrected chi connectivity index (χ0v) is 19.2. The van der Waals surface area contributed by atoms with E-state index in [-0.39, 0.29) is 34.0 Å². The molecule has 1 aromatic heterocycles. The Morgan fingerprint density at radius 1 is 0.939 bits per heavy atom. The van der Waals surface area contributed by atoms with Gasteiger partial charge in [0.15, 0.2) is 5.58 Å². The molecule has 1 fully saturated rings. The van der Waals surface area contributed by atoms with Crippen molar-refractivity contribution in [1.29, 1.82) is 0 Å². The van der Waals surface area contributed by atoms with Gasteiger partial charge in [0.2, 0.25) is 10.0 Å². The third kappa shape index (κ3) is 3.66. The summed E-state index contributed by atoms with van der Waals surface area (Å²) >= 11 is 0. The Labute approximate surface area is 190 Å². The molecule has 5 rings (SSSR count). The van der Waals surface area contributed by atoms with Crippen molar-refractivity contribution < 1.29 is 30.7 Å². The van der Waals surface area contributed by atoms with Crippen LogP contribution in [-0.2, 0) is 24.6 Å². The fraction of sp³-hybridized carbons (Fsp3) is 0.227. The minimum absolute atomic E-state index is 0.0136. The number of morpholine rings is 1. The highest BCUT2D eigenvalue weighted by Crippen LogP contribution is 2.35. The van der Waals surface area contributed by atoms with Gasteiger partial charge in [-0.3, -0.25) is 0 Å². The summed E-state index contributed by atoms with van der Waals surface area (Å²) in [7, 11) is -6.45. The topological polar surface area (TPSA) is 116 Å². The van der Waals surface area contributed by atoms with Gasteiger partial charge in [0.05, 0.1) is 30.1 Å². The smallest absolute Gasteiger partial charge is 0.321 e. The number of oxazole rings is 1. The van der Waals surface area contributed by atoms with Crippen LogP contribution < -0.4 is 4.74 Å². The number of nitrogens with zero attached hydrogens (tertiary/aromatic N) is 2. The molecule has 0 saturated carbocycles. The van der Waals surface area contributed by atoms with Gasteiger partial charge >= 0.3 is 5.22 Å². The average molecular weight is 489 g/mol. The maximum atomic E-state index is 13.4. The van der Waals surface area contributed by atoms with Gasteiger partial charge in [-0.15, -0.1) is 0 Å². The third-order valence-electron chi connectivity index (χ3n) is 5.53. The van der Waals surface area contributed by atoms with Crippen LogP contribution in [0.3, 0.4) is 0 Å². The maximum absolute atomic E-state index is 13.4. The molecule has 0 radical (unpaired) electrons. The Morgan fingerprint density at radius 3 is 2.27 bits per heavy atom. The number of fused-ring (bicyclic) bond motifs is 3. The molecule has 4 aromatic rings. The molecule has 0 atom stereocenters. The molecular weight excluding hydrogens is 468 g/mol. The normalized spacial score (nSPS) is 15.8. The predicted molar refractivity (Wildman–Crippen MR) is 120 cm³/mol. The third-order valence-corrected chi connectivity index (χ3v) is 9.00. The lowest BCUT2D eigenvalue weighted by Gasteiger charge is -2.26. The van der Waals surface area contributed by atoms with Crippen LogP contribution in [0.15, 0.2) is 74.0 Å². The summed E-state index contributed by atoms with van der Waals surface area (Å²) in [6.45, 7) is 1.10. The number of aromatic nitrogens is 1. The van der Waals surface area contributed by atoms with Gasteiger partial charge in [0.25, 0.3) is 9.84 Å². The lowest BCUT2D eigenvalue weighted by Crippen LogP contribution is -2.40. The van der Waals surface area contributed by atoms with Gasteiger partial charge in [-0.05, 0) is 24.3 Å². The SMILES string of the molecule is COc1ccc(S(=O)(=O)c2nc3c(cc(S(=O)(=O)N4CCOCC4)c4ccccc43)o2)cc1. The maximum Gasteiger partial charge on any atom is 0.321 e. The first-order valence-electron chi connectivity index (χ1n) is 10.1. The molecule has 11 heteroatoms. The van der Waals surface area contributed by atoms with E-state index < -0.39 is 25.1 Å². The van der Waals surface area contributed by atoms with E-state index in [0.717, 1.165) is 0 Å². The average Bonchev–Trinajstić information content (AvgIpc) is 3.30. The van der Waals surface area contributed by atoms with Crippen molar-refractivity contribution in [2.24, 2.45) is 0 Å². The van der Waals surface area contributed by atoms with Gasteiger partial charge in [0, 0.05) is 29.9 Å². The Kier molecular flexibility index (Phi) is 5.36. The number of methoxy groups -OCH3 is 1. The largest absolute Gasteiger partial charge is 0.497 e. The molecule has 1 aliphatic heterocycles. The van der Waals surface area contributed by atoms with Crippen molar-refractivity contribution >= 4 is 41.7 Å². The van der Waals surface area contributed by atoms with Crippen molar-refractivity contribution in [3.05, 3.63) is 54.6 Å². The molecule has 33 heavy (non-hydrogen) atoms. The molecule has 1 saturated heterocycles. The lowest BCUT2D eigenvalue weighted by molar-refractivity contribution is 0.0730. The van der Waals surface area contributed by atoms with E-state index in [1.165, 1.54) is 41.7 Å². The zero-order chi connectivity index (χ0) is 23.2. The highest BCUT2D eigenvalue weighted by atomic mass is 32.2. The predicted octanol–water partition coefficient (Wildman–Crippen LogP) is 2.84. The summed E-state index contributed by atoms with van der Waals surface area (Å²) in [5, 5.41) is 0.425. The molecule has 9 nitrogen and oxygen atoms in total. The first-order chi connectivity index (χ1) is 15.8. The second-order valence-electron chi connectivity index (χ2n) is 7.44. The van der Waals surface area contributed by atoms with Crippen molar-refractivity contribution in [2.75, 3.05) is 33.4 Å². The van der Waals surface area contributed by atoms with Crippen LogP contribution in [0, 0.1) is 0 Å². The number of hydrogen-bond acceptors (Lipinski definition) is 8. The molecule has 0 N–H and O–H groups in total. The zero-order valence-electron chi connectivity index (χ0n) is 17.6. The number of sulfone groups is 1. The fourth-order valence-electron chi connectivity index (χ4n) is 3.81. The van der Waals surface area contributed by atoms with E-state index in [4.69, 9.17) is 13.9 Å². The van der Waals surface area contributed by atoms with Crippen molar-refractivity contribution in [2.45, 2.75) is 15.0 Å². The van der Waals surface area contributed by atoms with Crippen LogP contribution in [0.5, 0.6) is 5.75 Å². The summed E-state index contributed by atoms with van der Waals surface area (Å²) < 4.78 is 70.4. The van der Waals surface area contributed by atoms with Gasteiger partial charge in [-0.1, -0.05) is 24.3 Å². The molecule has 0 amide bonds. The van der Waals surface area contributed by atoms with Gasteiger partial charge < -0.3 is 13.9 Å². The van der Waals surface area contributed by atoms with Gasteiger partial charge in [-0.25, -0.2) is 16.8 Å². The monoisotopic (exact) mass is 488 g/mol. The van der Waals surface area contributed by atoms with E-state index in [2.05, 4.69) is 4.98 Å². The minimum Gasteiger partial charge on any atom is -0.497 e. The number of rotatable bonds is 5. The molecule has 0 bridgehead atoms.